The Balaban J connectivity index is 2.30. The van der Waals surface area contributed by atoms with E-state index in [9.17, 15) is 4.79 Å². The molecule has 0 unspecified atom stereocenters. The van der Waals surface area contributed by atoms with E-state index in [0.29, 0.717) is 17.3 Å². The van der Waals surface area contributed by atoms with Crippen LogP contribution < -0.4 is 4.74 Å². The molecule has 0 aliphatic rings. The molecule has 0 amide bonds. The smallest absolute Gasteiger partial charge is 0.167 e. The molecule has 0 saturated carbocycles. The molecule has 1 aromatic carbocycles. The summed E-state index contributed by atoms with van der Waals surface area (Å²) in [5.41, 5.74) is 4.31. The maximum absolute atomic E-state index is 11.6. The lowest BCUT2D eigenvalue weighted by molar-refractivity contribution is 0.111. The van der Waals surface area contributed by atoms with Crippen LogP contribution in [0.2, 0.25) is 5.02 Å². The van der Waals surface area contributed by atoms with Gasteiger partial charge in [-0.05, 0) is 49.7 Å². The van der Waals surface area contributed by atoms with Crippen LogP contribution >= 0.6 is 11.6 Å². The highest BCUT2D eigenvalue weighted by molar-refractivity contribution is 6.31. The van der Waals surface area contributed by atoms with Gasteiger partial charge in [0.05, 0.1) is 12.3 Å². The molecule has 0 atom stereocenters. The van der Waals surface area contributed by atoms with Gasteiger partial charge in [0.2, 0.25) is 0 Å². The minimum absolute atomic E-state index is 0.553. The van der Waals surface area contributed by atoms with E-state index >= 15 is 0 Å². The zero-order valence-electron chi connectivity index (χ0n) is 12.5. The van der Waals surface area contributed by atoms with Crippen molar-refractivity contribution >= 4 is 23.4 Å². The van der Waals surface area contributed by atoms with E-state index in [-0.39, 0.29) is 0 Å². The average molecular weight is 314 g/mol. The lowest BCUT2D eigenvalue weighted by Crippen LogP contribution is -1.96. The molecule has 0 fully saturated rings. The number of ether oxygens (including phenoxy) is 1. The SMILES string of the molecule is CCOc1ccc(Cl)cc1-c1cc2ccc(C)cn2c1C=O. The number of aromatic nitrogens is 1. The number of halogens is 1. The number of fused-ring (bicyclic) bond motifs is 1. The Kier molecular flexibility index (Phi) is 3.90. The summed E-state index contributed by atoms with van der Waals surface area (Å²) in [4.78, 5) is 11.6. The van der Waals surface area contributed by atoms with Crippen LogP contribution in [0.15, 0.2) is 42.6 Å². The zero-order chi connectivity index (χ0) is 15.7. The minimum Gasteiger partial charge on any atom is -0.493 e. The van der Waals surface area contributed by atoms with Crippen molar-refractivity contribution in [2.45, 2.75) is 13.8 Å². The predicted molar refractivity (Wildman–Crippen MR) is 89.1 cm³/mol. The summed E-state index contributed by atoms with van der Waals surface area (Å²) < 4.78 is 7.58. The maximum Gasteiger partial charge on any atom is 0.167 e. The highest BCUT2D eigenvalue weighted by Gasteiger charge is 2.16. The number of hydrogen-bond donors (Lipinski definition) is 0. The lowest BCUT2D eigenvalue weighted by Gasteiger charge is -2.10. The molecule has 4 heteroatoms. The highest BCUT2D eigenvalue weighted by Crippen LogP contribution is 2.36. The summed E-state index contributed by atoms with van der Waals surface area (Å²) in [6, 6.07) is 11.5. The maximum atomic E-state index is 11.6. The number of benzene rings is 1. The van der Waals surface area contributed by atoms with E-state index in [1.807, 2.05) is 54.8 Å². The Hall–Kier alpha value is -2.26. The first-order valence-electron chi connectivity index (χ1n) is 7.13. The molecule has 2 heterocycles. The van der Waals surface area contributed by atoms with Crippen LogP contribution in [-0.4, -0.2) is 17.3 Å². The van der Waals surface area contributed by atoms with Crippen molar-refractivity contribution in [3.8, 4) is 16.9 Å². The van der Waals surface area contributed by atoms with Crippen LogP contribution in [0.4, 0.5) is 0 Å². The van der Waals surface area contributed by atoms with E-state index in [2.05, 4.69) is 0 Å². The molecule has 0 saturated heterocycles. The van der Waals surface area contributed by atoms with Gasteiger partial charge in [-0.15, -0.1) is 0 Å². The zero-order valence-corrected chi connectivity index (χ0v) is 13.2. The van der Waals surface area contributed by atoms with Gasteiger partial charge in [0, 0.05) is 27.9 Å². The molecule has 3 nitrogen and oxygen atoms in total. The monoisotopic (exact) mass is 313 g/mol. The third-order valence-corrected chi connectivity index (χ3v) is 3.83. The van der Waals surface area contributed by atoms with Gasteiger partial charge in [0.25, 0.3) is 0 Å². The molecule has 3 rings (SSSR count). The normalized spacial score (nSPS) is 10.9. The summed E-state index contributed by atoms with van der Waals surface area (Å²) >= 11 is 6.14. The van der Waals surface area contributed by atoms with Crippen molar-refractivity contribution in [3.63, 3.8) is 0 Å². The number of pyridine rings is 1. The second-order valence-electron chi connectivity index (χ2n) is 5.14. The van der Waals surface area contributed by atoms with Crippen LogP contribution in [0.1, 0.15) is 23.0 Å². The first-order valence-corrected chi connectivity index (χ1v) is 7.51. The Morgan fingerprint density at radius 1 is 1.18 bits per heavy atom. The van der Waals surface area contributed by atoms with E-state index in [0.717, 1.165) is 34.2 Å². The fraction of sp³-hybridized carbons (Fsp3) is 0.167. The van der Waals surface area contributed by atoms with Crippen LogP contribution in [0, 0.1) is 6.92 Å². The summed E-state index contributed by atoms with van der Waals surface area (Å²) in [7, 11) is 0. The van der Waals surface area contributed by atoms with Crippen LogP contribution in [-0.2, 0) is 0 Å². The van der Waals surface area contributed by atoms with Crippen molar-refractivity contribution in [2.24, 2.45) is 0 Å². The number of carbonyl (C=O) groups excluding carboxylic acids is 1. The number of rotatable bonds is 4. The summed E-state index contributed by atoms with van der Waals surface area (Å²) in [5, 5.41) is 0.613. The highest BCUT2D eigenvalue weighted by atomic mass is 35.5. The van der Waals surface area contributed by atoms with Gasteiger partial charge in [-0.3, -0.25) is 4.79 Å². The van der Waals surface area contributed by atoms with Gasteiger partial charge >= 0.3 is 0 Å². The molecule has 0 N–H and O–H groups in total. The number of nitrogens with zero attached hydrogens (tertiary/aromatic N) is 1. The van der Waals surface area contributed by atoms with Crippen molar-refractivity contribution in [1.82, 2.24) is 4.40 Å². The van der Waals surface area contributed by atoms with Crippen LogP contribution in [0.25, 0.3) is 16.6 Å². The molecular formula is C18H16ClNO2. The Morgan fingerprint density at radius 3 is 2.73 bits per heavy atom. The second-order valence-corrected chi connectivity index (χ2v) is 5.57. The standard InChI is InChI=1S/C18H16ClNO2/c1-3-22-18-7-5-13(19)8-16(18)15-9-14-6-4-12(2)10-20(14)17(15)11-21/h4-11H,3H2,1-2H3. The van der Waals surface area contributed by atoms with Crippen LogP contribution in [0.5, 0.6) is 5.75 Å². The van der Waals surface area contributed by atoms with Crippen molar-refractivity contribution in [1.29, 1.82) is 0 Å². The predicted octanol–water partition coefficient (Wildman–Crippen LogP) is 4.78. The van der Waals surface area contributed by atoms with Crippen LogP contribution in [0.3, 0.4) is 0 Å². The Bertz CT molecular complexity index is 852. The summed E-state index contributed by atoms with van der Waals surface area (Å²) in [6.45, 7) is 4.48. The largest absolute Gasteiger partial charge is 0.493 e. The molecule has 0 radical (unpaired) electrons. The van der Waals surface area contributed by atoms with Crippen molar-refractivity contribution < 1.29 is 9.53 Å². The topological polar surface area (TPSA) is 30.7 Å². The molecule has 22 heavy (non-hydrogen) atoms. The molecule has 0 bridgehead atoms. The fourth-order valence-electron chi connectivity index (χ4n) is 2.63. The molecule has 0 aliphatic heterocycles. The average Bonchev–Trinajstić information content (AvgIpc) is 2.86. The molecule has 0 spiro atoms. The lowest BCUT2D eigenvalue weighted by atomic mass is 10.1. The summed E-state index contributed by atoms with van der Waals surface area (Å²) in [6.07, 6.45) is 2.83. The molecule has 3 aromatic rings. The first-order chi connectivity index (χ1) is 10.6. The fourth-order valence-corrected chi connectivity index (χ4v) is 2.80. The Morgan fingerprint density at radius 2 is 2.00 bits per heavy atom. The number of hydrogen-bond acceptors (Lipinski definition) is 2. The first kappa shape index (κ1) is 14.7. The van der Waals surface area contributed by atoms with Gasteiger partial charge in [-0.2, -0.15) is 0 Å². The third-order valence-electron chi connectivity index (χ3n) is 3.60. The quantitative estimate of drug-likeness (QED) is 0.649. The van der Waals surface area contributed by atoms with Gasteiger partial charge < -0.3 is 9.14 Å². The number of carbonyl (C=O) groups is 1. The van der Waals surface area contributed by atoms with E-state index in [4.69, 9.17) is 16.3 Å². The van der Waals surface area contributed by atoms with Crippen molar-refractivity contribution in [2.75, 3.05) is 6.61 Å². The van der Waals surface area contributed by atoms with Gasteiger partial charge in [-0.1, -0.05) is 17.7 Å². The van der Waals surface area contributed by atoms with Gasteiger partial charge in [0.1, 0.15) is 5.75 Å². The number of aryl methyl sites for hydroxylation is 1. The summed E-state index contributed by atoms with van der Waals surface area (Å²) in [5.74, 6) is 0.725. The van der Waals surface area contributed by atoms with E-state index < -0.39 is 0 Å². The molecule has 2 aromatic heterocycles. The minimum atomic E-state index is 0.553. The number of aldehydes is 1. The molecule has 0 aliphatic carbocycles. The molecule has 112 valence electrons. The molecular weight excluding hydrogens is 298 g/mol. The van der Waals surface area contributed by atoms with Gasteiger partial charge in [0.15, 0.2) is 6.29 Å². The van der Waals surface area contributed by atoms with E-state index in [1.54, 1.807) is 6.07 Å². The van der Waals surface area contributed by atoms with Crippen molar-refractivity contribution in [3.05, 3.63) is 58.9 Å². The van der Waals surface area contributed by atoms with E-state index in [1.165, 1.54) is 0 Å². The third kappa shape index (κ3) is 2.48. The second kappa shape index (κ2) is 5.85. The Labute approximate surface area is 134 Å². The van der Waals surface area contributed by atoms with Gasteiger partial charge in [-0.25, -0.2) is 0 Å².